The topological polar surface area (TPSA) is 95.1 Å². The molecule has 0 radical (unpaired) electrons. The second-order valence-electron chi connectivity index (χ2n) is 5.01. The molecule has 2 aromatic rings. The smallest absolute Gasteiger partial charge is 0.195 e. The number of nitrogens with one attached hydrogen (secondary N) is 1. The molecule has 1 N–H and O–H groups in total. The molecule has 26 heavy (non-hydrogen) atoms. The van der Waals surface area contributed by atoms with E-state index in [9.17, 15) is 4.79 Å². The number of carbonyl (C=O) groups excluding carboxylic acids is 1. The fraction of sp³-hybridized carbons (Fsp3) is 0.105. The first-order chi connectivity index (χ1) is 12.5. The highest BCUT2D eigenvalue weighted by atomic mass is 79.9. The third-order valence-electron chi connectivity index (χ3n) is 3.49. The highest BCUT2D eigenvalue weighted by Gasteiger charge is 2.18. The van der Waals surface area contributed by atoms with Crippen LogP contribution in [0.5, 0.6) is 11.5 Å². The Morgan fingerprint density at radius 2 is 1.65 bits per heavy atom. The largest absolute Gasteiger partial charge is 0.493 e. The monoisotopic (exact) mass is 411 g/mol. The third-order valence-corrected chi connectivity index (χ3v) is 4.02. The Labute approximate surface area is 159 Å². The SMILES string of the molecule is COc1cc(NC=C(C#N)C#N)c(C(=O)c2ccc(Br)cc2)cc1OC. The van der Waals surface area contributed by atoms with Crippen molar-refractivity contribution in [1.82, 2.24) is 0 Å². The van der Waals surface area contributed by atoms with Crippen LogP contribution in [0.2, 0.25) is 0 Å². The van der Waals surface area contributed by atoms with Crippen molar-refractivity contribution in [2.75, 3.05) is 19.5 Å². The van der Waals surface area contributed by atoms with Crippen molar-refractivity contribution < 1.29 is 14.3 Å². The molecule has 2 aromatic carbocycles. The number of carbonyl (C=O) groups is 1. The molecule has 0 saturated carbocycles. The average molecular weight is 412 g/mol. The lowest BCUT2D eigenvalue weighted by atomic mass is 10.0. The number of benzene rings is 2. The quantitative estimate of drug-likeness (QED) is 0.569. The maximum Gasteiger partial charge on any atom is 0.195 e. The number of ether oxygens (including phenoxy) is 2. The van der Waals surface area contributed by atoms with Crippen LogP contribution < -0.4 is 14.8 Å². The zero-order valence-corrected chi connectivity index (χ0v) is 15.6. The molecule has 0 atom stereocenters. The molecule has 0 aromatic heterocycles. The summed E-state index contributed by atoms with van der Waals surface area (Å²) in [5.41, 5.74) is 1.06. The molecule has 0 aliphatic carbocycles. The van der Waals surface area contributed by atoms with Gasteiger partial charge in [-0.25, -0.2) is 0 Å². The van der Waals surface area contributed by atoms with Crippen molar-refractivity contribution in [3.8, 4) is 23.6 Å². The number of nitrogens with zero attached hydrogens (tertiary/aromatic N) is 2. The van der Waals surface area contributed by atoms with E-state index in [1.54, 1.807) is 48.5 Å². The second-order valence-corrected chi connectivity index (χ2v) is 5.93. The molecular formula is C19H14BrN3O3. The maximum atomic E-state index is 12.9. The van der Waals surface area contributed by atoms with Gasteiger partial charge in [-0.1, -0.05) is 15.9 Å². The number of halogens is 1. The van der Waals surface area contributed by atoms with Gasteiger partial charge in [-0.2, -0.15) is 10.5 Å². The number of allylic oxidation sites excluding steroid dienone is 1. The van der Waals surface area contributed by atoms with Gasteiger partial charge in [-0.3, -0.25) is 4.79 Å². The van der Waals surface area contributed by atoms with E-state index in [-0.39, 0.29) is 11.4 Å². The van der Waals surface area contributed by atoms with Crippen LogP contribution in [0.4, 0.5) is 5.69 Å². The van der Waals surface area contributed by atoms with Crippen molar-refractivity contribution in [2.24, 2.45) is 0 Å². The van der Waals surface area contributed by atoms with Gasteiger partial charge in [-0.15, -0.1) is 0 Å². The van der Waals surface area contributed by atoms with Gasteiger partial charge in [0.05, 0.1) is 19.9 Å². The maximum absolute atomic E-state index is 12.9. The minimum absolute atomic E-state index is 0.123. The molecule has 0 aliphatic heterocycles. The average Bonchev–Trinajstić information content (AvgIpc) is 2.68. The van der Waals surface area contributed by atoms with Crippen LogP contribution in [0.15, 0.2) is 52.6 Å². The molecule has 0 fully saturated rings. The fourth-order valence-electron chi connectivity index (χ4n) is 2.18. The van der Waals surface area contributed by atoms with Crippen molar-refractivity contribution in [2.45, 2.75) is 0 Å². The van der Waals surface area contributed by atoms with Crippen LogP contribution in [0.3, 0.4) is 0 Å². The molecule has 0 aliphatic rings. The van der Waals surface area contributed by atoms with Gasteiger partial charge in [0.15, 0.2) is 17.3 Å². The summed E-state index contributed by atoms with van der Waals surface area (Å²) in [5, 5.41) is 20.6. The molecule has 2 rings (SSSR count). The summed E-state index contributed by atoms with van der Waals surface area (Å²) in [5.74, 6) is 0.555. The van der Waals surface area contributed by atoms with E-state index >= 15 is 0 Å². The molecule has 0 saturated heterocycles. The van der Waals surface area contributed by atoms with E-state index in [4.69, 9.17) is 20.0 Å². The van der Waals surface area contributed by atoms with Crippen molar-refractivity contribution >= 4 is 27.4 Å². The van der Waals surface area contributed by atoms with Gasteiger partial charge in [0.25, 0.3) is 0 Å². The van der Waals surface area contributed by atoms with Crippen LogP contribution >= 0.6 is 15.9 Å². The number of hydrogen-bond donors (Lipinski definition) is 1. The lowest BCUT2D eigenvalue weighted by Gasteiger charge is -2.14. The lowest BCUT2D eigenvalue weighted by molar-refractivity contribution is 0.103. The van der Waals surface area contributed by atoms with Crippen molar-refractivity contribution in [1.29, 1.82) is 10.5 Å². The first-order valence-electron chi connectivity index (χ1n) is 7.37. The number of methoxy groups -OCH3 is 2. The molecule has 6 nitrogen and oxygen atoms in total. The lowest BCUT2D eigenvalue weighted by Crippen LogP contribution is -2.07. The third kappa shape index (κ3) is 4.21. The van der Waals surface area contributed by atoms with Crippen molar-refractivity contribution in [3.63, 3.8) is 0 Å². The molecule has 130 valence electrons. The van der Waals surface area contributed by atoms with Gasteiger partial charge in [0, 0.05) is 27.9 Å². The first-order valence-corrected chi connectivity index (χ1v) is 8.16. The van der Waals surface area contributed by atoms with E-state index in [2.05, 4.69) is 21.2 Å². The highest BCUT2D eigenvalue weighted by molar-refractivity contribution is 9.10. The molecule has 0 spiro atoms. The first kappa shape index (κ1) is 19.0. The van der Waals surface area contributed by atoms with E-state index in [0.717, 1.165) is 4.47 Å². The zero-order valence-electron chi connectivity index (χ0n) is 14.0. The van der Waals surface area contributed by atoms with Gasteiger partial charge in [0.2, 0.25) is 0 Å². The van der Waals surface area contributed by atoms with Crippen LogP contribution in [0.25, 0.3) is 0 Å². The van der Waals surface area contributed by atoms with E-state index in [1.807, 2.05) is 0 Å². The van der Waals surface area contributed by atoms with Crippen LogP contribution in [0.1, 0.15) is 15.9 Å². The number of hydrogen-bond acceptors (Lipinski definition) is 6. The number of rotatable bonds is 6. The summed E-state index contributed by atoms with van der Waals surface area (Å²) < 4.78 is 11.4. The van der Waals surface area contributed by atoms with Crippen molar-refractivity contribution in [3.05, 3.63) is 63.8 Å². The van der Waals surface area contributed by atoms with E-state index in [1.165, 1.54) is 20.4 Å². The Hall–Kier alpha value is -3.29. The van der Waals surface area contributed by atoms with Crippen LogP contribution in [0, 0.1) is 22.7 Å². The Kier molecular flexibility index (Phi) is 6.37. The summed E-state index contributed by atoms with van der Waals surface area (Å²) >= 11 is 3.33. The minimum atomic E-state index is -0.246. The Bertz CT molecular complexity index is 922. The molecule has 0 unspecified atom stereocenters. The van der Waals surface area contributed by atoms with E-state index in [0.29, 0.717) is 28.3 Å². The predicted octanol–water partition coefficient (Wildman–Crippen LogP) is 4.04. The summed E-state index contributed by atoms with van der Waals surface area (Å²) in [6.07, 6.45) is 1.24. The standard InChI is InChI=1S/C19H14BrN3O3/c1-25-17-7-15(19(24)13-3-5-14(20)6-4-13)16(8-18(17)26-2)23-11-12(9-21)10-22/h3-8,11,23H,1-2H3. The Morgan fingerprint density at radius 3 is 2.19 bits per heavy atom. The molecular weight excluding hydrogens is 398 g/mol. The zero-order chi connectivity index (χ0) is 19.1. The van der Waals surface area contributed by atoms with Gasteiger partial charge in [-0.05, 0) is 30.3 Å². The summed E-state index contributed by atoms with van der Waals surface area (Å²) in [6, 6.07) is 13.6. The van der Waals surface area contributed by atoms with E-state index < -0.39 is 0 Å². The fourth-order valence-corrected chi connectivity index (χ4v) is 2.45. The minimum Gasteiger partial charge on any atom is -0.493 e. The van der Waals surface area contributed by atoms with Gasteiger partial charge >= 0.3 is 0 Å². The highest BCUT2D eigenvalue weighted by Crippen LogP contribution is 2.34. The number of ketones is 1. The Balaban J connectivity index is 2.56. The molecule has 0 amide bonds. The van der Waals surface area contributed by atoms with Crippen LogP contribution in [-0.4, -0.2) is 20.0 Å². The molecule has 0 bridgehead atoms. The Morgan fingerprint density at radius 1 is 1.08 bits per heavy atom. The summed E-state index contributed by atoms with van der Waals surface area (Å²) in [6.45, 7) is 0. The summed E-state index contributed by atoms with van der Waals surface area (Å²) in [4.78, 5) is 12.9. The second kappa shape index (κ2) is 8.70. The number of nitriles is 2. The molecule has 0 heterocycles. The van der Waals surface area contributed by atoms with Crippen LogP contribution in [-0.2, 0) is 0 Å². The molecule has 7 heteroatoms. The van der Waals surface area contributed by atoms with Gasteiger partial charge in [0.1, 0.15) is 17.7 Å². The number of anilines is 1. The predicted molar refractivity (Wildman–Crippen MR) is 100 cm³/mol. The normalized spacial score (nSPS) is 9.42. The summed E-state index contributed by atoms with van der Waals surface area (Å²) in [7, 11) is 2.95. The van der Waals surface area contributed by atoms with Gasteiger partial charge < -0.3 is 14.8 Å².